The van der Waals surface area contributed by atoms with Gasteiger partial charge in [0.25, 0.3) is 0 Å². The van der Waals surface area contributed by atoms with Gasteiger partial charge in [-0.2, -0.15) is 4.31 Å². The minimum Gasteiger partial charge on any atom is -0.334 e. The molecule has 0 saturated carbocycles. The van der Waals surface area contributed by atoms with E-state index in [4.69, 9.17) is 0 Å². The van der Waals surface area contributed by atoms with Crippen LogP contribution in [-0.2, 0) is 21.4 Å². The van der Waals surface area contributed by atoms with Crippen LogP contribution in [-0.4, -0.2) is 37.6 Å². The van der Waals surface area contributed by atoms with Crippen LogP contribution in [0.4, 0.5) is 10.5 Å². The summed E-state index contributed by atoms with van der Waals surface area (Å²) in [6, 6.07) is 14.4. The highest BCUT2D eigenvalue weighted by Gasteiger charge is 2.34. The van der Waals surface area contributed by atoms with Gasteiger partial charge >= 0.3 is 6.03 Å². The molecule has 2 amide bonds. The van der Waals surface area contributed by atoms with Gasteiger partial charge in [-0.15, -0.1) is 0 Å². The molecule has 2 aromatic carbocycles. The average molecular weight is 387 g/mol. The van der Waals surface area contributed by atoms with E-state index in [1.807, 2.05) is 30.3 Å². The lowest BCUT2D eigenvalue weighted by atomic mass is 10.2. The highest BCUT2D eigenvalue weighted by molar-refractivity contribution is 7.89. The monoisotopic (exact) mass is 387 g/mol. The van der Waals surface area contributed by atoms with Crippen molar-refractivity contribution in [2.24, 2.45) is 0 Å². The van der Waals surface area contributed by atoms with Crippen molar-refractivity contribution in [1.82, 2.24) is 9.62 Å². The number of rotatable bonds is 6. The van der Waals surface area contributed by atoms with Gasteiger partial charge in [0.15, 0.2) is 0 Å². The van der Waals surface area contributed by atoms with Crippen LogP contribution in [0.3, 0.4) is 0 Å². The van der Waals surface area contributed by atoms with Gasteiger partial charge in [0.2, 0.25) is 10.0 Å². The number of anilines is 1. The molecule has 1 saturated heterocycles. The maximum absolute atomic E-state index is 12.7. The fraction of sp³-hybridized carbons (Fsp3) is 0.263. The minimum atomic E-state index is -3.72. The highest BCUT2D eigenvalue weighted by Crippen LogP contribution is 2.25. The molecular weight excluding hydrogens is 366 g/mol. The molecule has 0 unspecified atom stereocenters. The molecule has 1 aliphatic heterocycles. The molecule has 1 heterocycles. The topological polar surface area (TPSA) is 95.6 Å². The summed E-state index contributed by atoms with van der Waals surface area (Å²) in [6.07, 6.45) is 1.89. The molecule has 0 bridgehead atoms. The molecule has 1 aliphatic rings. The van der Waals surface area contributed by atoms with Crippen LogP contribution < -0.4 is 10.6 Å². The summed E-state index contributed by atoms with van der Waals surface area (Å²) in [6.45, 7) is 0.731. The Morgan fingerprint density at radius 3 is 2.48 bits per heavy atom. The van der Waals surface area contributed by atoms with Crippen LogP contribution in [0.25, 0.3) is 0 Å². The van der Waals surface area contributed by atoms with E-state index in [9.17, 15) is 18.0 Å². The molecule has 8 heteroatoms. The molecule has 0 aromatic heterocycles. The predicted octanol–water partition coefficient (Wildman–Crippen LogP) is 2.36. The van der Waals surface area contributed by atoms with Crippen LogP contribution in [0.2, 0.25) is 0 Å². The largest absolute Gasteiger partial charge is 0.334 e. The van der Waals surface area contributed by atoms with Gasteiger partial charge < -0.3 is 15.4 Å². The summed E-state index contributed by atoms with van der Waals surface area (Å²) in [5.41, 5.74) is 1.46. The number of nitrogens with one attached hydrogen (secondary N) is 2. The second-order valence-electron chi connectivity index (χ2n) is 6.28. The first-order valence-corrected chi connectivity index (χ1v) is 10.1. The van der Waals surface area contributed by atoms with E-state index < -0.39 is 16.1 Å². The van der Waals surface area contributed by atoms with Crippen LogP contribution in [0.15, 0.2) is 59.5 Å². The Kier molecular flexibility index (Phi) is 5.88. The molecular formula is C19H21N3O4S. The Balaban J connectivity index is 1.61. The Morgan fingerprint density at radius 1 is 1.11 bits per heavy atom. The summed E-state index contributed by atoms with van der Waals surface area (Å²) in [5.74, 6) is 0. The van der Waals surface area contributed by atoms with Crippen LogP contribution >= 0.6 is 0 Å². The van der Waals surface area contributed by atoms with Crippen molar-refractivity contribution < 1.29 is 18.0 Å². The first-order valence-electron chi connectivity index (χ1n) is 8.67. The lowest BCUT2D eigenvalue weighted by Crippen LogP contribution is -2.36. The molecule has 2 aromatic rings. The van der Waals surface area contributed by atoms with Gasteiger partial charge in [-0.1, -0.05) is 30.3 Å². The average Bonchev–Trinajstić information content (AvgIpc) is 3.17. The van der Waals surface area contributed by atoms with Crippen molar-refractivity contribution in [2.75, 3.05) is 11.9 Å². The maximum Gasteiger partial charge on any atom is 0.319 e. The van der Waals surface area contributed by atoms with Gasteiger partial charge in [-0.05, 0) is 42.7 Å². The van der Waals surface area contributed by atoms with Crippen molar-refractivity contribution in [2.45, 2.75) is 30.3 Å². The third-order valence-corrected chi connectivity index (χ3v) is 6.36. The number of carbonyl (C=O) groups is 2. The summed E-state index contributed by atoms with van der Waals surface area (Å²) >= 11 is 0. The highest BCUT2D eigenvalue weighted by atomic mass is 32.2. The molecule has 1 atom stereocenters. The Bertz CT molecular complexity index is 898. The summed E-state index contributed by atoms with van der Waals surface area (Å²) in [4.78, 5) is 23.1. The van der Waals surface area contributed by atoms with E-state index >= 15 is 0 Å². The van der Waals surface area contributed by atoms with E-state index in [0.717, 1.165) is 5.56 Å². The van der Waals surface area contributed by atoms with Crippen molar-refractivity contribution in [1.29, 1.82) is 0 Å². The zero-order valence-electron chi connectivity index (χ0n) is 14.7. The standard InChI is InChI=1S/C19H21N3O4S/c23-14-17-7-4-12-22(17)27(25,26)18-10-8-16(9-11-18)21-19(24)20-13-15-5-2-1-3-6-15/h1-3,5-6,8-11,14,17H,4,7,12-13H2,(H2,20,21,24)/t17-/m0/s1. The first kappa shape index (κ1) is 19.1. The van der Waals surface area contributed by atoms with E-state index in [1.165, 1.54) is 28.6 Å². The number of urea groups is 1. The summed E-state index contributed by atoms with van der Waals surface area (Å²) in [7, 11) is -3.72. The van der Waals surface area contributed by atoms with Gasteiger partial charge in [-0.3, -0.25) is 0 Å². The molecule has 0 aliphatic carbocycles. The van der Waals surface area contributed by atoms with Gasteiger partial charge in [0.05, 0.1) is 10.9 Å². The molecule has 7 nitrogen and oxygen atoms in total. The number of amides is 2. The zero-order chi connectivity index (χ0) is 19.3. The minimum absolute atomic E-state index is 0.103. The summed E-state index contributed by atoms with van der Waals surface area (Å²) < 4.78 is 26.6. The second-order valence-corrected chi connectivity index (χ2v) is 8.17. The van der Waals surface area contributed by atoms with Crippen LogP contribution in [0, 0.1) is 0 Å². The summed E-state index contributed by atoms with van der Waals surface area (Å²) in [5, 5.41) is 5.40. The third-order valence-electron chi connectivity index (χ3n) is 4.42. The first-order chi connectivity index (χ1) is 13.0. The molecule has 3 rings (SSSR count). The van der Waals surface area contributed by atoms with Gasteiger partial charge in [0, 0.05) is 18.8 Å². The van der Waals surface area contributed by atoms with E-state index in [2.05, 4.69) is 10.6 Å². The molecule has 2 N–H and O–H groups in total. The zero-order valence-corrected chi connectivity index (χ0v) is 15.5. The number of sulfonamides is 1. The number of hydrogen-bond acceptors (Lipinski definition) is 4. The van der Waals surface area contributed by atoms with E-state index in [0.29, 0.717) is 37.9 Å². The lowest BCUT2D eigenvalue weighted by molar-refractivity contribution is -0.110. The number of benzene rings is 2. The second kappa shape index (κ2) is 8.32. The van der Waals surface area contributed by atoms with E-state index in [1.54, 1.807) is 0 Å². The quantitative estimate of drug-likeness (QED) is 0.744. The van der Waals surface area contributed by atoms with Crippen molar-refractivity contribution in [3.05, 3.63) is 60.2 Å². The molecule has 0 spiro atoms. The number of nitrogens with zero attached hydrogens (tertiary/aromatic N) is 1. The van der Waals surface area contributed by atoms with Crippen LogP contribution in [0.1, 0.15) is 18.4 Å². The smallest absolute Gasteiger partial charge is 0.319 e. The third kappa shape index (κ3) is 4.53. The fourth-order valence-electron chi connectivity index (χ4n) is 3.00. The van der Waals surface area contributed by atoms with Gasteiger partial charge in [0.1, 0.15) is 6.29 Å². The number of aldehydes is 1. The Labute approximate surface area is 158 Å². The number of hydrogen-bond donors (Lipinski definition) is 2. The lowest BCUT2D eigenvalue weighted by Gasteiger charge is -2.20. The molecule has 27 heavy (non-hydrogen) atoms. The van der Waals surface area contributed by atoms with Crippen molar-refractivity contribution >= 4 is 28.0 Å². The fourth-order valence-corrected chi connectivity index (χ4v) is 4.63. The van der Waals surface area contributed by atoms with Crippen molar-refractivity contribution in [3.63, 3.8) is 0 Å². The SMILES string of the molecule is O=C[C@@H]1CCCN1S(=O)(=O)c1ccc(NC(=O)NCc2ccccc2)cc1. The molecule has 142 valence electrons. The Morgan fingerprint density at radius 2 is 1.81 bits per heavy atom. The normalized spacial score (nSPS) is 17.4. The predicted molar refractivity (Wildman–Crippen MR) is 102 cm³/mol. The molecule has 0 radical (unpaired) electrons. The van der Waals surface area contributed by atoms with Crippen LogP contribution in [0.5, 0.6) is 0 Å². The van der Waals surface area contributed by atoms with E-state index in [-0.39, 0.29) is 10.9 Å². The van der Waals surface area contributed by atoms with Crippen molar-refractivity contribution in [3.8, 4) is 0 Å². The van der Waals surface area contributed by atoms with Gasteiger partial charge in [-0.25, -0.2) is 13.2 Å². The number of carbonyl (C=O) groups excluding carboxylic acids is 2. The molecule has 1 fully saturated rings. The Hall–Kier alpha value is -2.71. The maximum atomic E-state index is 12.7.